The van der Waals surface area contributed by atoms with Crippen LogP contribution in [0.1, 0.15) is 13.3 Å². The summed E-state index contributed by atoms with van der Waals surface area (Å²) in [5.74, 6) is -1.74. The van der Waals surface area contributed by atoms with Crippen LogP contribution in [-0.4, -0.2) is 16.9 Å². The molecule has 0 saturated carbocycles. The van der Waals surface area contributed by atoms with Gasteiger partial charge in [0.25, 0.3) is 0 Å². The second-order valence-corrected chi connectivity index (χ2v) is 1.76. The first-order valence-corrected chi connectivity index (χ1v) is 2.21. The van der Waals surface area contributed by atoms with Crippen LogP contribution in [0.3, 0.4) is 0 Å². The molecular formula is C4H6O4. The van der Waals surface area contributed by atoms with E-state index < -0.39 is 5.97 Å². The van der Waals surface area contributed by atoms with Crippen LogP contribution < -0.4 is 0 Å². The average Bonchev–Trinajstić information content (AvgIpc) is 2.17. The second-order valence-electron chi connectivity index (χ2n) is 1.76. The van der Waals surface area contributed by atoms with Gasteiger partial charge in [0.2, 0.25) is 0 Å². The Morgan fingerprint density at radius 2 is 2.25 bits per heavy atom. The normalized spacial score (nSPS) is 22.8. The second kappa shape index (κ2) is 1.51. The van der Waals surface area contributed by atoms with Crippen molar-refractivity contribution in [2.45, 2.75) is 19.3 Å². The highest BCUT2D eigenvalue weighted by atomic mass is 17.4. The molecule has 1 aliphatic heterocycles. The first kappa shape index (κ1) is 5.68. The van der Waals surface area contributed by atoms with Gasteiger partial charge < -0.3 is 5.11 Å². The molecule has 0 aromatic carbocycles. The molecule has 0 spiro atoms. The van der Waals surface area contributed by atoms with Crippen LogP contribution >= 0.6 is 0 Å². The van der Waals surface area contributed by atoms with Crippen molar-refractivity contribution in [1.82, 2.24) is 0 Å². The summed E-state index contributed by atoms with van der Waals surface area (Å²) in [7, 11) is 0. The summed E-state index contributed by atoms with van der Waals surface area (Å²) in [5.41, 5.74) is 0. The molecule has 46 valence electrons. The van der Waals surface area contributed by atoms with Gasteiger partial charge in [0.05, 0.1) is 6.42 Å². The molecule has 1 saturated heterocycles. The molecule has 8 heavy (non-hydrogen) atoms. The molecular weight excluding hydrogens is 112 g/mol. The van der Waals surface area contributed by atoms with Crippen molar-refractivity contribution in [2.24, 2.45) is 0 Å². The van der Waals surface area contributed by atoms with Gasteiger partial charge in [-0.15, -0.1) is 0 Å². The molecule has 1 fully saturated rings. The Kier molecular flexibility index (Phi) is 1.07. The van der Waals surface area contributed by atoms with E-state index in [0.29, 0.717) is 0 Å². The third-order valence-electron chi connectivity index (χ3n) is 0.748. The molecule has 0 atom stereocenters. The summed E-state index contributed by atoms with van der Waals surface area (Å²) in [6.45, 7) is 1.35. The van der Waals surface area contributed by atoms with E-state index in [1.807, 2.05) is 0 Å². The lowest BCUT2D eigenvalue weighted by Crippen LogP contribution is -2.12. The topological polar surface area (TPSA) is 62.4 Å². The summed E-state index contributed by atoms with van der Waals surface area (Å²) >= 11 is 0. The van der Waals surface area contributed by atoms with Crippen molar-refractivity contribution in [1.29, 1.82) is 0 Å². The van der Waals surface area contributed by atoms with E-state index in [-0.39, 0.29) is 12.2 Å². The Bertz CT molecular complexity index is 115. The standard InChI is InChI=1S/C4H6O4/c1-3(5)2-4(6)7-8-4/h6H,2H2,1H3. The summed E-state index contributed by atoms with van der Waals surface area (Å²) in [4.78, 5) is 18.3. The Hall–Kier alpha value is -0.450. The first-order chi connectivity index (χ1) is 3.62. The van der Waals surface area contributed by atoms with Crippen LogP contribution in [0.4, 0.5) is 0 Å². The van der Waals surface area contributed by atoms with Crippen LogP contribution in [-0.2, 0) is 14.6 Å². The lowest BCUT2D eigenvalue weighted by atomic mass is 10.3. The minimum absolute atomic E-state index is 0.0903. The third-order valence-corrected chi connectivity index (χ3v) is 0.748. The molecule has 0 aromatic rings. The number of carbonyl (C=O) groups is 1. The Morgan fingerprint density at radius 3 is 2.38 bits per heavy atom. The predicted molar refractivity (Wildman–Crippen MR) is 22.4 cm³/mol. The van der Waals surface area contributed by atoms with Crippen LogP contribution in [0, 0.1) is 0 Å². The number of hydrogen-bond acceptors (Lipinski definition) is 4. The summed E-state index contributed by atoms with van der Waals surface area (Å²) < 4.78 is 0. The molecule has 1 N–H and O–H groups in total. The fourth-order valence-electron chi connectivity index (χ4n) is 0.422. The van der Waals surface area contributed by atoms with E-state index in [4.69, 9.17) is 5.11 Å². The minimum atomic E-state index is -1.58. The number of hydrogen-bond donors (Lipinski definition) is 1. The number of aliphatic hydroxyl groups is 1. The number of rotatable bonds is 2. The average molecular weight is 118 g/mol. The van der Waals surface area contributed by atoms with E-state index in [9.17, 15) is 4.79 Å². The maximum atomic E-state index is 10.2. The van der Waals surface area contributed by atoms with Crippen molar-refractivity contribution in [3.8, 4) is 0 Å². The van der Waals surface area contributed by atoms with E-state index in [0.717, 1.165) is 0 Å². The van der Waals surface area contributed by atoms with Gasteiger partial charge in [-0.05, 0) is 6.92 Å². The molecule has 0 radical (unpaired) electrons. The van der Waals surface area contributed by atoms with Gasteiger partial charge in [0.1, 0.15) is 5.78 Å². The van der Waals surface area contributed by atoms with Crippen molar-refractivity contribution in [3.63, 3.8) is 0 Å². The molecule has 0 unspecified atom stereocenters. The molecule has 0 amide bonds. The van der Waals surface area contributed by atoms with Gasteiger partial charge in [-0.2, -0.15) is 9.78 Å². The molecule has 0 aliphatic carbocycles. The summed E-state index contributed by atoms with van der Waals surface area (Å²) in [5, 5.41) is 8.63. The molecule has 1 heterocycles. The Balaban J connectivity index is 2.29. The van der Waals surface area contributed by atoms with E-state index in [2.05, 4.69) is 9.78 Å². The zero-order chi connectivity index (χ0) is 6.20. The maximum absolute atomic E-state index is 10.2. The van der Waals surface area contributed by atoms with Gasteiger partial charge in [-0.3, -0.25) is 4.79 Å². The van der Waals surface area contributed by atoms with Crippen molar-refractivity contribution in [3.05, 3.63) is 0 Å². The number of Topliss-reactive ketones (excluding diaryl/α,β-unsaturated/α-hetero) is 1. The summed E-state index contributed by atoms with van der Waals surface area (Å²) in [6, 6.07) is 0. The highest BCUT2D eigenvalue weighted by molar-refractivity contribution is 5.76. The highest BCUT2D eigenvalue weighted by Gasteiger charge is 2.48. The Morgan fingerprint density at radius 1 is 1.75 bits per heavy atom. The fourth-order valence-corrected chi connectivity index (χ4v) is 0.422. The molecule has 0 aromatic heterocycles. The molecule has 0 bridgehead atoms. The van der Waals surface area contributed by atoms with Gasteiger partial charge in [0.15, 0.2) is 0 Å². The molecule has 4 nitrogen and oxygen atoms in total. The van der Waals surface area contributed by atoms with E-state index >= 15 is 0 Å². The molecule has 1 rings (SSSR count). The molecule has 1 aliphatic rings. The zero-order valence-electron chi connectivity index (χ0n) is 4.38. The number of carbonyl (C=O) groups excluding carboxylic acids is 1. The molecule has 4 heteroatoms. The fraction of sp³-hybridized carbons (Fsp3) is 0.750. The van der Waals surface area contributed by atoms with Gasteiger partial charge in [-0.25, -0.2) is 0 Å². The first-order valence-electron chi connectivity index (χ1n) is 2.21. The quantitative estimate of drug-likeness (QED) is 0.395. The van der Waals surface area contributed by atoms with Gasteiger partial charge in [-0.1, -0.05) is 0 Å². The lowest BCUT2D eigenvalue weighted by molar-refractivity contribution is -0.122. The van der Waals surface area contributed by atoms with Crippen LogP contribution in [0.2, 0.25) is 0 Å². The highest BCUT2D eigenvalue weighted by Crippen LogP contribution is 2.29. The van der Waals surface area contributed by atoms with Crippen molar-refractivity contribution in [2.75, 3.05) is 0 Å². The summed E-state index contributed by atoms with van der Waals surface area (Å²) in [6.07, 6.45) is -0.0903. The Labute approximate surface area is 45.9 Å². The van der Waals surface area contributed by atoms with Crippen molar-refractivity contribution >= 4 is 5.78 Å². The van der Waals surface area contributed by atoms with E-state index in [1.165, 1.54) is 6.92 Å². The predicted octanol–water partition coefficient (Wildman–Crippen LogP) is -0.427. The van der Waals surface area contributed by atoms with Crippen LogP contribution in [0.5, 0.6) is 0 Å². The van der Waals surface area contributed by atoms with Gasteiger partial charge in [0, 0.05) is 0 Å². The van der Waals surface area contributed by atoms with Crippen LogP contribution in [0.15, 0.2) is 0 Å². The minimum Gasteiger partial charge on any atom is -0.339 e. The van der Waals surface area contributed by atoms with Gasteiger partial charge >= 0.3 is 5.97 Å². The maximum Gasteiger partial charge on any atom is 0.344 e. The zero-order valence-corrected chi connectivity index (χ0v) is 4.38. The lowest BCUT2D eigenvalue weighted by Gasteiger charge is -1.90. The van der Waals surface area contributed by atoms with Crippen molar-refractivity contribution < 1.29 is 19.7 Å². The smallest absolute Gasteiger partial charge is 0.339 e. The SMILES string of the molecule is CC(=O)CC1(O)OO1. The van der Waals surface area contributed by atoms with E-state index in [1.54, 1.807) is 0 Å². The monoisotopic (exact) mass is 118 g/mol. The number of ketones is 1. The third kappa shape index (κ3) is 1.26. The van der Waals surface area contributed by atoms with Crippen LogP contribution in [0.25, 0.3) is 0 Å². The largest absolute Gasteiger partial charge is 0.344 e.